The first-order valence-corrected chi connectivity index (χ1v) is 11.6. The molecule has 0 aliphatic carbocycles. The molecule has 0 saturated heterocycles. The lowest BCUT2D eigenvalue weighted by Gasteiger charge is -2.33. The molecule has 1 aliphatic heterocycles. The number of nitrogens with zero attached hydrogens (tertiary/aromatic N) is 1. The summed E-state index contributed by atoms with van der Waals surface area (Å²) in [6, 6.07) is 24.2. The predicted octanol–water partition coefficient (Wildman–Crippen LogP) is 7.57. The quantitative estimate of drug-likeness (QED) is 0.461. The summed E-state index contributed by atoms with van der Waals surface area (Å²) in [5.74, 6) is 0. The minimum Gasteiger partial charge on any atom is -0.297 e. The van der Waals surface area contributed by atoms with E-state index < -0.39 is 0 Å². The second kappa shape index (κ2) is 7.96. The second-order valence-electron chi connectivity index (χ2n) is 10.1. The van der Waals surface area contributed by atoms with Crippen molar-refractivity contribution >= 4 is 22.7 Å². The normalized spacial score (nSPS) is 17.0. The zero-order valence-electron chi connectivity index (χ0n) is 18.6. The molecule has 0 fully saturated rings. The zero-order valence-corrected chi connectivity index (χ0v) is 19.5. The van der Waals surface area contributed by atoms with E-state index in [-0.39, 0.29) is 11.5 Å². The number of hydrogen-bond donors (Lipinski definition) is 1. The highest BCUT2D eigenvalue weighted by molar-refractivity contribution is 7.10. The van der Waals surface area contributed by atoms with Crippen molar-refractivity contribution < 1.29 is 0 Å². The van der Waals surface area contributed by atoms with E-state index in [1.807, 2.05) is 0 Å². The molecule has 1 N–H and O–H groups in total. The highest BCUT2D eigenvalue weighted by Crippen LogP contribution is 2.39. The van der Waals surface area contributed by atoms with Crippen LogP contribution < -0.4 is 10.4 Å². The largest absolute Gasteiger partial charge is 0.297 e. The first-order valence-electron chi connectivity index (χ1n) is 10.7. The Kier molecular flexibility index (Phi) is 5.50. The third kappa shape index (κ3) is 4.46. The molecular formula is C27H32N2S. The summed E-state index contributed by atoms with van der Waals surface area (Å²) in [4.78, 5) is 1.34. The lowest BCUT2D eigenvalue weighted by molar-refractivity contribution is 0.284. The van der Waals surface area contributed by atoms with Gasteiger partial charge >= 0.3 is 0 Å². The molecule has 1 unspecified atom stereocenters. The molecule has 1 atom stereocenters. The average molecular weight is 417 g/mol. The number of para-hydroxylation sites is 1. The van der Waals surface area contributed by atoms with Gasteiger partial charge in [0.1, 0.15) is 6.04 Å². The lowest BCUT2D eigenvalue weighted by atomic mass is 9.72. The van der Waals surface area contributed by atoms with Crippen LogP contribution in [0.2, 0.25) is 0 Å². The van der Waals surface area contributed by atoms with Crippen LogP contribution in [0.15, 0.2) is 78.2 Å². The van der Waals surface area contributed by atoms with Gasteiger partial charge in [-0.05, 0) is 58.0 Å². The first-order chi connectivity index (χ1) is 14.2. The fourth-order valence-electron chi connectivity index (χ4n) is 4.64. The van der Waals surface area contributed by atoms with Crippen molar-refractivity contribution in [3.8, 4) is 0 Å². The molecule has 3 heteroatoms. The van der Waals surface area contributed by atoms with Crippen molar-refractivity contribution in [3.05, 3.63) is 94.2 Å². The summed E-state index contributed by atoms with van der Waals surface area (Å²) in [7, 11) is 0. The van der Waals surface area contributed by atoms with Gasteiger partial charge in [-0.2, -0.15) is 0 Å². The van der Waals surface area contributed by atoms with Crippen LogP contribution in [0.1, 0.15) is 63.1 Å². The van der Waals surface area contributed by atoms with Crippen LogP contribution in [-0.2, 0) is 5.41 Å². The van der Waals surface area contributed by atoms with Gasteiger partial charge in [-0.1, -0.05) is 83.1 Å². The first kappa shape index (κ1) is 20.7. The zero-order chi connectivity index (χ0) is 21.4. The molecule has 1 aromatic heterocycles. The molecule has 4 rings (SSSR count). The van der Waals surface area contributed by atoms with E-state index in [0.717, 1.165) is 12.1 Å². The number of benzene rings is 2. The molecule has 30 heavy (non-hydrogen) atoms. The Bertz CT molecular complexity index is 993. The van der Waals surface area contributed by atoms with E-state index in [1.54, 1.807) is 11.3 Å². The number of hydrogen-bond acceptors (Lipinski definition) is 3. The predicted molar refractivity (Wildman–Crippen MR) is 131 cm³/mol. The van der Waals surface area contributed by atoms with Crippen LogP contribution in [0, 0.1) is 5.41 Å². The van der Waals surface area contributed by atoms with Gasteiger partial charge in [-0.3, -0.25) is 10.4 Å². The third-order valence-electron chi connectivity index (χ3n) is 5.66. The maximum atomic E-state index is 3.66. The monoisotopic (exact) mass is 416 g/mol. The Morgan fingerprint density at radius 2 is 1.57 bits per heavy atom. The van der Waals surface area contributed by atoms with Gasteiger partial charge in [-0.25, -0.2) is 0 Å². The summed E-state index contributed by atoms with van der Waals surface area (Å²) in [5.41, 5.74) is 9.08. The van der Waals surface area contributed by atoms with Gasteiger partial charge in [0.2, 0.25) is 0 Å². The highest BCUT2D eigenvalue weighted by atomic mass is 32.1. The summed E-state index contributed by atoms with van der Waals surface area (Å²) in [5, 5.41) is 4.41. The standard InChI is InChI=1S/C27H32N2S/c1-26(2,3)19-27(4,5)21-15-13-20(14-16-21)23-18-24(25-12-9-17-30-25)29(28-23)22-10-7-6-8-11-22/h6-18,24,28H,19H2,1-5H3. The van der Waals surface area contributed by atoms with E-state index in [2.05, 4.69) is 123 Å². The molecule has 0 amide bonds. The van der Waals surface area contributed by atoms with E-state index >= 15 is 0 Å². The average Bonchev–Trinajstić information content (AvgIpc) is 3.37. The maximum Gasteiger partial charge on any atom is 0.105 e. The molecule has 3 aromatic rings. The van der Waals surface area contributed by atoms with Crippen LogP contribution in [0.4, 0.5) is 5.69 Å². The van der Waals surface area contributed by atoms with Gasteiger partial charge in [0.15, 0.2) is 0 Å². The summed E-state index contributed by atoms with van der Waals surface area (Å²) in [6.45, 7) is 11.7. The summed E-state index contributed by atoms with van der Waals surface area (Å²) < 4.78 is 0. The Labute approximate surface area is 185 Å². The van der Waals surface area contributed by atoms with Gasteiger partial charge in [0.05, 0.1) is 11.4 Å². The number of hydrazine groups is 1. The van der Waals surface area contributed by atoms with E-state index in [0.29, 0.717) is 5.41 Å². The lowest BCUT2D eigenvalue weighted by Crippen LogP contribution is -2.33. The number of thiophene rings is 1. The fourth-order valence-corrected chi connectivity index (χ4v) is 5.43. The van der Waals surface area contributed by atoms with E-state index in [1.165, 1.54) is 21.7 Å². The minimum absolute atomic E-state index is 0.157. The van der Waals surface area contributed by atoms with Gasteiger partial charge in [0.25, 0.3) is 0 Å². The number of anilines is 1. The summed E-state index contributed by atoms with van der Waals surface area (Å²) in [6.07, 6.45) is 3.50. The Morgan fingerprint density at radius 3 is 2.17 bits per heavy atom. The SMILES string of the molecule is CC(C)(C)CC(C)(C)c1ccc(C2=CC(c3cccs3)N(c3ccccc3)N2)cc1. The highest BCUT2D eigenvalue weighted by Gasteiger charge is 2.29. The molecule has 1 aliphatic rings. The van der Waals surface area contributed by atoms with Gasteiger partial charge < -0.3 is 0 Å². The Hall–Kier alpha value is -2.52. The Morgan fingerprint density at radius 1 is 0.867 bits per heavy atom. The minimum atomic E-state index is 0.157. The molecule has 0 radical (unpaired) electrons. The number of rotatable bonds is 5. The molecular weight excluding hydrogens is 384 g/mol. The molecule has 2 heterocycles. The molecule has 2 aromatic carbocycles. The molecule has 0 spiro atoms. The second-order valence-corrected chi connectivity index (χ2v) is 11.0. The molecule has 2 nitrogen and oxygen atoms in total. The van der Waals surface area contributed by atoms with E-state index in [4.69, 9.17) is 0 Å². The molecule has 156 valence electrons. The Balaban J connectivity index is 1.61. The van der Waals surface area contributed by atoms with E-state index in [9.17, 15) is 0 Å². The maximum absolute atomic E-state index is 3.66. The summed E-state index contributed by atoms with van der Waals surface area (Å²) >= 11 is 1.80. The van der Waals surface area contributed by atoms with Crippen LogP contribution in [0.3, 0.4) is 0 Å². The van der Waals surface area contributed by atoms with Crippen molar-refractivity contribution in [1.82, 2.24) is 5.43 Å². The third-order valence-corrected chi connectivity index (χ3v) is 6.61. The molecule has 0 saturated carbocycles. The fraction of sp³-hybridized carbons (Fsp3) is 0.333. The van der Waals surface area contributed by atoms with Crippen LogP contribution in [0.5, 0.6) is 0 Å². The molecule has 0 bridgehead atoms. The topological polar surface area (TPSA) is 15.3 Å². The number of nitrogens with one attached hydrogen (secondary N) is 1. The van der Waals surface area contributed by atoms with Crippen molar-refractivity contribution in [2.75, 3.05) is 5.01 Å². The van der Waals surface area contributed by atoms with Crippen molar-refractivity contribution in [2.45, 2.75) is 52.5 Å². The van der Waals surface area contributed by atoms with Crippen molar-refractivity contribution in [3.63, 3.8) is 0 Å². The van der Waals surface area contributed by atoms with Gasteiger partial charge in [0, 0.05) is 4.88 Å². The van der Waals surface area contributed by atoms with Gasteiger partial charge in [-0.15, -0.1) is 11.3 Å². The smallest absolute Gasteiger partial charge is 0.105 e. The van der Waals surface area contributed by atoms with Crippen molar-refractivity contribution in [1.29, 1.82) is 0 Å². The van der Waals surface area contributed by atoms with Crippen molar-refractivity contribution in [2.24, 2.45) is 5.41 Å². The van der Waals surface area contributed by atoms with Crippen LogP contribution in [-0.4, -0.2) is 0 Å². The van der Waals surface area contributed by atoms with Crippen LogP contribution in [0.25, 0.3) is 5.70 Å². The van der Waals surface area contributed by atoms with Crippen LogP contribution >= 0.6 is 11.3 Å².